The van der Waals surface area contributed by atoms with E-state index in [1.807, 2.05) is 18.5 Å². The zero-order chi connectivity index (χ0) is 19.1. The topological polar surface area (TPSA) is 67.5 Å². The Bertz CT molecular complexity index is 890. The summed E-state index contributed by atoms with van der Waals surface area (Å²) in [5.74, 6) is 0.771. The van der Waals surface area contributed by atoms with Crippen molar-refractivity contribution in [3.8, 4) is 0 Å². The molecule has 2 heterocycles. The summed E-state index contributed by atoms with van der Waals surface area (Å²) in [5, 5.41) is 5.98. The number of aromatic nitrogens is 3. The number of rotatable bonds is 6. The van der Waals surface area contributed by atoms with Gasteiger partial charge in [-0.15, -0.1) is 0 Å². The van der Waals surface area contributed by atoms with Gasteiger partial charge in [0.25, 0.3) is 5.95 Å². The Morgan fingerprint density at radius 2 is 2.04 bits per heavy atom. The SMILES string of the molecule is C=CC(=C)N/C(=N\c1ncccn1)c1c(C)c(C(/C=C\C)=N/F)cn1C. The average Bonchev–Trinajstić information content (AvgIpc) is 2.94. The van der Waals surface area contributed by atoms with Gasteiger partial charge in [-0.1, -0.05) is 28.9 Å². The third kappa shape index (κ3) is 4.18. The number of nitrogens with one attached hydrogen (secondary N) is 1. The van der Waals surface area contributed by atoms with Gasteiger partial charge in [0.2, 0.25) is 0 Å². The van der Waals surface area contributed by atoms with Crippen molar-refractivity contribution in [3.63, 3.8) is 0 Å². The number of halogens is 1. The number of allylic oxidation sites excluding steroid dienone is 3. The predicted octanol–water partition coefficient (Wildman–Crippen LogP) is 3.74. The zero-order valence-electron chi connectivity index (χ0n) is 15.1. The Hall–Kier alpha value is -3.35. The first-order valence-electron chi connectivity index (χ1n) is 7.94. The Morgan fingerprint density at radius 3 is 2.62 bits per heavy atom. The molecule has 0 amide bonds. The molecule has 0 radical (unpaired) electrons. The summed E-state index contributed by atoms with van der Waals surface area (Å²) < 4.78 is 14.9. The number of aryl methyl sites for hydroxylation is 1. The van der Waals surface area contributed by atoms with Crippen molar-refractivity contribution in [2.45, 2.75) is 13.8 Å². The maximum atomic E-state index is 13.1. The van der Waals surface area contributed by atoms with Gasteiger partial charge in [-0.2, -0.15) is 4.99 Å². The lowest BCUT2D eigenvalue weighted by molar-refractivity contribution is 0.538. The van der Waals surface area contributed by atoms with E-state index in [0.29, 0.717) is 23.0 Å². The van der Waals surface area contributed by atoms with Crippen LogP contribution in [0.4, 0.5) is 10.4 Å². The molecule has 0 aliphatic carbocycles. The van der Waals surface area contributed by atoms with Gasteiger partial charge in [0.15, 0.2) is 5.84 Å². The van der Waals surface area contributed by atoms with Crippen LogP contribution in [-0.2, 0) is 7.05 Å². The first-order valence-corrected chi connectivity index (χ1v) is 7.94. The smallest absolute Gasteiger partial charge is 0.251 e. The second-order valence-electron chi connectivity index (χ2n) is 5.46. The van der Waals surface area contributed by atoms with Gasteiger partial charge in [-0.25, -0.2) is 9.97 Å². The molecule has 2 aromatic rings. The Balaban J connectivity index is 2.62. The lowest BCUT2D eigenvalue weighted by Crippen LogP contribution is -2.25. The highest BCUT2D eigenvalue weighted by molar-refractivity contribution is 6.12. The van der Waals surface area contributed by atoms with E-state index in [9.17, 15) is 4.48 Å². The second kappa shape index (κ2) is 8.66. The Kier molecular flexibility index (Phi) is 6.32. The van der Waals surface area contributed by atoms with Gasteiger partial charge >= 0.3 is 0 Å². The summed E-state index contributed by atoms with van der Waals surface area (Å²) in [6.45, 7) is 11.2. The molecular formula is C19H21FN6. The van der Waals surface area contributed by atoms with E-state index in [1.54, 1.807) is 49.8 Å². The maximum Gasteiger partial charge on any atom is 0.251 e. The van der Waals surface area contributed by atoms with Crippen LogP contribution in [0.25, 0.3) is 0 Å². The van der Waals surface area contributed by atoms with Crippen molar-refractivity contribution in [1.82, 2.24) is 19.9 Å². The molecule has 2 rings (SSSR count). The van der Waals surface area contributed by atoms with Crippen LogP contribution in [0.2, 0.25) is 0 Å². The minimum Gasteiger partial charge on any atom is -0.347 e. The van der Waals surface area contributed by atoms with E-state index in [1.165, 1.54) is 0 Å². The Morgan fingerprint density at radius 1 is 1.35 bits per heavy atom. The van der Waals surface area contributed by atoms with Crippen molar-refractivity contribution in [1.29, 1.82) is 0 Å². The fourth-order valence-electron chi connectivity index (χ4n) is 2.46. The van der Waals surface area contributed by atoms with Crippen LogP contribution < -0.4 is 5.32 Å². The van der Waals surface area contributed by atoms with E-state index >= 15 is 0 Å². The van der Waals surface area contributed by atoms with Crippen molar-refractivity contribution in [2.24, 2.45) is 17.3 Å². The molecule has 0 aromatic carbocycles. The number of hydrogen-bond acceptors (Lipinski definition) is 4. The molecule has 1 N–H and O–H groups in total. The molecule has 0 saturated heterocycles. The lowest BCUT2D eigenvalue weighted by atomic mass is 10.1. The van der Waals surface area contributed by atoms with Crippen LogP contribution >= 0.6 is 0 Å². The molecule has 7 heteroatoms. The number of hydrogen-bond donors (Lipinski definition) is 1. The van der Waals surface area contributed by atoms with Crippen molar-refractivity contribution < 1.29 is 4.48 Å². The van der Waals surface area contributed by atoms with E-state index in [0.717, 1.165) is 11.3 Å². The summed E-state index contributed by atoms with van der Waals surface area (Å²) in [5.41, 5.74) is 3.01. The summed E-state index contributed by atoms with van der Waals surface area (Å²) in [6, 6.07) is 1.71. The first kappa shape index (κ1) is 19.0. The van der Waals surface area contributed by atoms with Gasteiger partial charge < -0.3 is 9.88 Å². The fourth-order valence-corrected chi connectivity index (χ4v) is 2.46. The third-order valence-electron chi connectivity index (χ3n) is 3.64. The maximum absolute atomic E-state index is 13.1. The zero-order valence-corrected chi connectivity index (χ0v) is 15.1. The highest BCUT2D eigenvalue weighted by Gasteiger charge is 2.19. The lowest BCUT2D eigenvalue weighted by Gasteiger charge is -2.12. The molecule has 0 spiro atoms. The average molecular weight is 352 g/mol. The minimum atomic E-state index is 0.240. The first-order chi connectivity index (χ1) is 12.5. The Labute approximate surface area is 152 Å². The van der Waals surface area contributed by atoms with E-state index < -0.39 is 0 Å². The van der Waals surface area contributed by atoms with E-state index in [-0.39, 0.29) is 5.71 Å². The van der Waals surface area contributed by atoms with Crippen LogP contribution in [0.3, 0.4) is 0 Å². The third-order valence-corrected chi connectivity index (χ3v) is 3.64. The van der Waals surface area contributed by atoms with Crippen molar-refractivity contribution in [3.05, 3.63) is 78.6 Å². The molecule has 0 bridgehead atoms. The van der Waals surface area contributed by atoms with Crippen molar-refractivity contribution in [2.75, 3.05) is 0 Å². The van der Waals surface area contributed by atoms with Gasteiger partial charge in [0.05, 0.1) is 5.69 Å². The number of nitrogens with zero attached hydrogens (tertiary/aromatic N) is 5. The largest absolute Gasteiger partial charge is 0.347 e. The molecule has 6 nitrogen and oxygen atoms in total. The number of aliphatic imine (C=N–C) groups is 1. The van der Waals surface area contributed by atoms with Crippen LogP contribution in [0.5, 0.6) is 0 Å². The van der Waals surface area contributed by atoms with Crippen LogP contribution in [0.15, 0.2) is 71.9 Å². The van der Waals surface area contributed by atoms with Gasteiger partial charge in [0.1, 0.15) is 5.71 Å². The van der Waals surface area contributed by atoms with Gasteiger partial charge in [0, 0.05) is 36.9 Å². The molecule has 0 atom stereocenters. The molecular weight excluding hydrogens is 331 g/mol. The quantitative estimate of drug-likeness (QED) is 0.489. The normalized spacial score (nSPS) is 12.5. The van der Waals surface area contributed by atoms with Crippen LogP contribution in [-0.4, -0.2) is 26.1 Å². The van der Waals surface area contributed by atoms with E-state index in [2.05, 4.69) is 38.6 Å². The summed E-state index contributed by atoms with van der Waals surface area (Å²) in [7, 11) is 1.84. The molecule has 134 valence electrons. The molecule has 0 fully saturated rings. The highest BCUT2D eigenvalue weighted by atomic mass is 19.2. The van der Waals surface area contributed by atoms with Crippen LogP contribution in [0.1, 0.15) is 23.7 Å². The molecule has 2 aromatic heterocycles. The highest BCUT2D eigenvalue weighted by Crippen LogP contribution is 2.20. The molecule has 26 heavy (non-hydrogen) atoms. The molecule has 0 aliphatic heterocycles. The number of amidine groups is 1. The molecule has 0 saturated carbocycles. The van der Waals surface area contributed by atoms with Crippen molar-refractivity contribution >= 4 is 17.5 Å². The van der Waals surface area contributed by atoms with E-state index in [4.69, 9.17) is 0 Å². The predicted molar refractivity (Wildman–Crippen MR) is 103 cm³/mol. The van der Waals surface area contributed by atoms with Crippen LogP contribution in [0, 0.1) is 6.92 Å². The fraction of sp³-hybridized carbons (Fsp3) is 0.158. The standard InChI is InChI=1S/C19H21FN6/c1-6-9-16(25-20)15-12-26(5)17(14(15)4)18(23-13(3)7-2)24-19-21-10-8-11-22-19/h6-12H,2-3H2,1,4-5H3,(H,21,22,23,24)/b9-6-,25-16+. The van der Waals surface area contributed by atoms with Gasteiger partial charge in [-0.3, -0.25) is 0 Å². The summed E-state index contributed by atoms with van der Waals surface area (Å²) in [4.78, 5) is 12.7. The minimum absolute atomic E-state index is 0.240. The molecule has 0 aliphatic rings. The van der Waals surface area contributed by atoms with Gasteiger partial charge in [-0.05, 0) is 37.6 Å². The summed E-state index contributed by atoms with van der Waals surface area (Å²) in [6.07, 6.45) is 9.93. The monoisotopic (exact) mass is 352 g/mol. The summed E-state index contributed by atoms with van der Waals surface area (Å²) >= 11 is 0. The molecule has 0 unspecified atom stereocenters. The second-order valence-corrected chi connectivity index (χ2v) is 5.46.